The van der Waals surface area contributed by atoms with E-state index in [4.69, 9.17) is 0 Å². The van der Waals surface area contributed by atoms with Gasteiger partial charge in [-0.05, 0) is 25.0 Å². The number of anilines is 1. The molecule has 0 saturated carbocycles. The van der Waals surface area contributed by atoms with Crippen molar-refractivity contribution in [3.8, 4) is 0 Å². The number of hydrogen-bond acceptors (Lipinski definition) is 5. The summed E-state index contributed by atoms with van der Waals surface area (Å²) in [7, 11) is 0. The van der Waals surface area contributed by atoms with Crippen LogP contribution in [0.2, 0.25) is 0 Å². The number of benzene rings is 2. The van der Waals surface area contributed by atoms with Crippen LogP contribution in [0.5, 0.6) is 0 Å². The van der Waals surface area contributed by atoms with E-state index in [1.165, 1.54) is 11.3 Å². The lowest BCUT2D eigenvalue weighted by Gasteiger charge is -2.12. The molecule has 2 aromatic carbocycles. The minimum atomic E-state index is -0.410. The zero-order chi connectivity index (χ0) is 18.5. The highest BCUT2D eigenvalue weighted by Gasteiger charge is 2.19. The van der Waals surface area contributed by atoms with Crippen molar-refractivity contribution in [1.82, 2.24) is 10.2 Å². The second-order valence-electron chi connectivity index (χ2n) is 5.89. The zero-order valence-corrected chi connectivity index (χ0v) is 15.4. The number of aryl methyl sites for hydroxylation is 1. The topological polar surface area (TPSA) is 72.0 Å². The molecule has 0 bridgehead atoms. The zero-order valence-electron chi connectivity index (χ0n) is 14.6. The van der Waals surface area contributed by atoms with Crippen molar-refractivity contribution in [2.24, 2.45) is 0 Å². The Morgan fingerprint density at radius 3 is 2.46 bits per heavy atom. The van der Waals surface area contributed by atoms with Crippen molar-refractivity contribution in [1.29, 1.82) is 0 Å². The van der Waals surface area contributed by atoms with Crippen LogP contribution in [0.4, 0.5) is 5.13 Å². The molecule has 0 aliphatic rings. The van der Waals surface area contributed by atoms with Gasteiger partial charge in [0.2, 0.25) is 11.0 Å². The molecule has 1 amide bonds. The van der Waals surface area contributed by atoms with Gasteiger partial charge in [0.05, 0.1) is 5.92 Å². The van der Waals surface area contributed by atoms with Crippen LogP contribution in [0, 0.1) is 0 Å². The molecule has 1 aromatic heterocycles. The van der Waals surface area contributed by atoms with Gasteiger partial charge in [0.1, 0.15) is 5.01 Å². The number of amides is 1. The lowest BCUT2D eigenvalue weighted by molar-refractivity contribution is -0.117. The predicted molar refractivity (Wildman–Crippen MR) is 103 cm³/mol. The molecule has 0 radical (unpaired) electrons. The molecular weight excluding hydrogens is 346 g/mol. The Kier molecular flexibility index (Phi) is 5.53. The molecule has 1 heterocycles. The molecule has 0 spiro atoms. The number of hydrogen-bond donors (Lipinski definition) is 1. The number of carbonyl (C=O) groups excluding carboxylic acids is 2. The van der Waals surface area contributed by atoms with Crippen molar-refractivity contribution < 1.29 is 9.59 Å². The maximum Gasteiger partial charge on any atom is 0.233 e. The predicted octanol–water partition coefficient (Wildman–Crippen LogP) is 4.07. The lowest BCUT2D eigenvalue weighted by atomic mass is 9.95. The second-order valence-corrected chi connectivity index (χ2v) is 6.95. The molecule has 3 rings (SSSR count). The maximum atomic E-state index is 12.6. The summed E-state index contributed by atoms with van der Waals surface area (Å²) in [5, 5.41) is 12.1. The van der Waals surface area contributed by atoms with Crippen LogP contribution in [0.1, 0.15) is 46.3 Å². The van der Waals surface area contributed by atoms with E-state index in [0.29, 0.717) is 16.3 Å². The molecular formula is C20H19N3O2S. The van der Waals surface area contributed by atoms with E-state index in [-0.39, 0.29) is 11.7 Å². The van der Waals surface area contributed by atoms with Gasteiger partial charge < -0.3 is 5.32 Å². The highest BCUT2D eigenvalue weighted by molar-refractivity contribution is 7.15. The largest absolute Gasteiger partial charge is 0.300 e. The second kappa shape index (κ2) is 8.01. The van der Waals surface area contributed by atoms with Crippen molar-refractivity contribution >= 4 is 28.2 Å². The van der Waals surface area contributed by atoms with Crippen LogP contribution < -0.4 is 5.32 Å². The molecule has 6 heteroatoms. The fourth-order valence-corrected chi connectivity index (χ4v) is 3.20. The molecule has 26 heavy (non-hydrogen) atoms. The molecule has 1 atom stereocenters. The number of carbonyl (C=O) groups is 2. The summed E-state index contributed by atoms with van der Waals surface area (Å²) in [5.74, 6) is -0.641. The van der Waals surface area contributed by atoms with Crippen LogP contribution >= 0.6 is 11.3 Å². The maximum absolute atomic E-state index is 12.6. The minimum absolute atomic E-state index is 0.0585. The molecule has 0 aliphatic carbocycles. The SMILES string of the molecule is CCc1nnc(NC(=O)[C@H](C)c2cccc(C(=O)c3ccccc3)c2)s1. The number of rotatable bonds is 6. The fraction of sp³-hybridized carbons (Fsp3) is 0.200. The Balaban J connectivity index is 1.76. The first-order valence-electron chi connectivity index (χ1n) is 8.41. The molecule has 0 saturated heterocycles. The summed E-state index contributed by atoms with van der Waals surface area (Å²) in [4.78, 5) is 25.1. The first-order valence-corrected chi connectivity index (χ1v) is 9.23. The van der Waals surface area contributed by atoms with E-state index in [0.717, 1.165) is 17.0 Å². The van der Waals surface area contributed by atoms with E-state index >= 15 is 0 Å². The average Bonchev–Trinajstić information content (AvgIpc) is 3.15. The van der Waals surface area contributed by atoms with E-state index in [2.05, 4.69) is 15.5 Å². The Bertz CT molecular complexity index is 922. The summed E-state index contributed by atoms with van der Waals surface area (Å²) < 4.78 is 0. The van der Waals surface area contributed by atoms with Gasteiger partial charge in [-0.2, -0.15) is 0 Å². The van der Waals surface area contributed by atoms with Crippen LogP contribution in [0.25, 0.3) is 0 Å². The van der Waals surface area contributed by atoms with Gasteiger partial charge >= 0.3 is 0 Å². The van der Waals surface area contributed by atoms with E-state index in [1.807, 2.05) is 38.1 Å². The molecule has 0 aliphatic heterocycles. The Morgan fingerprint density at radius 1 is 1.04 bits per heavy atom. The Labute approximate surface area is 156 Å². The number of aromatic nitrogens is 2. The van der Waals surface area contributed by atoms with E-state index < -0.39 is 5.92 Å². The van der Waals surface area contributed by atoms with Gasteiger partial charge in [-0.25, -0.2) is 0 Å². The van der Waals surface area contributed by atoms with Gasteiger partial charge in [0.15, 0.2) is 5.78 Å². The van der Waals surface area contributed by atoms with Crippen molar-refractivity contribution in [2.45, 2.75) is 26.2 Å². The summed E-state index contributed by atoms with van der Waals surface area (Å²) >= 11 is 1.37. The van der Waals surface area contributed by atoms with Gasteiger partial charge in [-0.3, -0.25) is 9.59 Å². The summed E-state index contributed by atoms with van der Waals surface area (Å²) in [6.45, 7) is 3.80. The van der Waals surface area contributed by atoms with Crippen LogP contribution in [0.3, 0.4) is 0 Å². The molecule has 0 fully saturated rings. The fourth-order valence-electron chi connectivity index (χ4n) is 2.52. The smallest absolute Gasteiger partial charge is 0.233 e. The molecule has 132 valence electrons. The van der Waals surface area contributed by atoms with Crippen LogP contribution in [-0.4, -0.2) is 21.9 Å². The van der Waals surface area contributed by atoms with Crippen molar-refractivity contribution in [3.63, 3.8) is 0 Å². The normalized spacial score (nSPS) is 11.8. The van der Waals surface area contributed by atoms with Gasteiger partial charge in [-0.15, -0.1) is 10.2 Å². The first kappa shape index (κ1) is 17.9. The minimum Gasteiger partial charge on any atom is -0.300 e. The Morgan fingerprint density at radius 2 is 1.77 bits per heavy atom. The van der Waals surface area contributed by atoms with E-state index in [9.17, 15) is 9.59 Å². The number of nitrogens with zero attached hydrogens (tertiary/aromatic N) is 2. The van der Waals surface area contributed by atoms with Gasteiger partial charge in [-0.1, -0.05) is 66.8 Å². The van der Waals surface area contributed by atoms with Crippen LogP contribution in [0.15, 0.2) is 54.6 Å². The highest BCUT2D eigenvalue weighted by atomic mass is 32.1. The average molecular weight is 365 g/mol. The Hall–Kier alpha value is -2.86. The molecule has 3 aromatic rings. The summed E-state index contributed by atoms with van der Waals surface area (Å²) in [6, 6.07) is 16.3. The summed E-state index contributed by atoms with van der Waals surface area (Å²) in [5.41, 5.74) is 1.98. The molecule has 1 N–H and O–H groups in total. The molecule has 5 nitrogen and oxygen atoms in total. The van der Waals surface area contributed by atoms with Crippen molar-refractivity contribution in [2.75, 3.05) is 5.32 Å². The summed E-state index contributed by atoms with van der Waals surface area (Å²) in [6.07, 6.45) is 0.784. The van der Waals surface area contributed by atoms with Gasteiger partial charge in [0.25, 0.3) is 0 Å². The van der Waals surface area contributed by atoms with Crippen LogP contribution in [-0.2, 0) is 11.2 Å². The molecule has 0 unspecified atom stereocenters. The first-order chi connectivity index (χ1) is 12.6. The van der Waals surface area contributed by atoms with Gasteiger partial charge in [0, 0.05) is 11.1 Å². The number of nitrogens with one attached hydrogen (secondary N) is 1. The lowest BCUT2D eigenvalue weighted by Crippen LogP contribution is -2.19. The number of ketones is 1. The third-order valence-corrected chi connectivity index (χ3v) is 5.06. The third kappa shape index (κ3) is 4.03. The highest BCUT2D eigenvalue weighted by Crippen LogP contribution is 2.22. The van der Waals surface area contributed by atoms with Crippen molar-refractivity contribution in [3.05, 3.63) is 76.3 Å². The standard InChI is InChI=1S/C20H19N3O2S/c1-3-17-22-23-20(26-17)21-19(25)13(2)15-10-7-11-16(12-15)18(24)14-8-5-4-6-9-14/h4-13H,3H2,1-2H3,(H,21,23,25)/t13-/m1/s1. The third-order valence-electron chi connectivity index (χ3n) is 4.08. The quantitative estimate of drug-likeness (QED) is 0.668. The van der Waals surface area contributed by atoms with E-state index in [1.54, 1.807) is 30.3 Å². The monoisotopic (exact) mass is 365 g/mol.